The molecule has 0 fully saturated rings. The summed E-state index contributed by atoms with van der Waals surface area (Å²) in [5, 5.41) is 3.81. The third-order valence-electron chi connectivity index (χ3n) is 8.40. The Morgan fingerprint density at radius 2 is 1.76 bits per heavy atom. The van der Waals surface area contributed by atoms with Gasteiger partial charge in [-0.2, -0.15) is 0 Å². The van der Waals surface area contributed by atoms with Crippen molar-refractivity contribution in [2.24, 2.45) is 5.92 Å². The molecule has 4 aliphatic rings. The van der Waals surface area contributed by atoms with E-state index in [2.05, 4.69) is 153 Å². The molecule has 2 heteroatoms. The molecule has 1 aromatic rings. The first kappa shape index (κ1) is 29.2. The van der Waals surface area contributed by atoms with Crippen molar-refractivity contribution in [2.45, 2.75) is 52.0 Å². The number of nitrogens with one attached hydrogen (secondary N) is 1. The molecular weight excluding hydrogens is 508 g/mol. The molecule has 0 amide bonds. The number of hydrogen-bond acceptors (Lipinski definition) is 2. The summed E-state index contributed by atoms with van der Waals surface area (Å²) < 4.78 is 0. The Morgan fingerprint density at radius 1 is 0.952 bits per heavy atom. The van der Waals surface area contributed by atoms with Gasteiger partial charge in [-0.15, -0.1) is 0 Å². The summed E-state index contributed by atoms with van der Waals surface area (Å²) in [4.78, 5) is 2.48. The Bertz CT molecular complexity index is 1490. The number of anilines is 1. The zero-order valence-electron chi connectivity index (χ0n) is 25.2. The minimum absolute atomic E-state index is 0.133. The maximum absolute atomic E-state index is 4.59. The van der Waals surface area contributed by atoms with Gasteiger partial charge in [0.05, 0.1) is 6.04 Å². The van der Waals surface area contributed by atoms with Crippen LogP contribution in [0.2, 0.25) is 0 Å². The quantitative estimate of drug-likeness (QED) is 0.339. The highest BCUT2D eigenvalue weighted by atomic mass is 15.1. The predicted octanol–water partition coefficient (Wildman–Crippen LogP) is 9.92. The van der Waals surface area contributed by atoms with E-state index in [1.54, 1.807) is 0 Å². The summed E-state index contributed by atoms with van der Waals surface area (Å²) in [6, 6.07) is 10.9. The van der Waals surface area contributed by atoms with E-state index in [9.17, 15) is 0 Å². The van der Waals surface area contributed by atoms with E-state index >= 15 is 0 Å². The zero-order valence-corrected chi connectivity index (χ0v) is 25.2. The van der Waals surface area contributed by atoms with Crippen LogP contribution >= 0.6 is 0 Å². The van der Waals surface area contributed by atoms with Crippen molar-refractivity contribution in [1.82, 2.24) is 5.32 Å². The molecule has 3 aliphatic carbocycles. The molecule has 0 spiro atoms. The Balaban J connectivity index is 1.49. The van der Waals surface area contributed by atoms with Gasteiger partial charge in [-0.1, -0.05) is 110 Å². The van der Waals surface area contributed by atoms with Crippen molar-refractivity contribution >= 4 is 5.69 Å². The first-order chi connectivity index (χ1) is 20.5. The Labute approximate surface area is 253 Å². The van der Waals surface area contributed by atoms with Crippen LogP contribution in [-0.4, -0.2) is 12.6 Å². The van der Waals surface area contributed by atoms with Gasteiger partial charge < -0.3 is 10.2 Å². The van der Waals surface area contributed by atoms with E-state index in [0.29, 0.717) is 0 Å². The van der Waals surface area contributed by atoms with Crippen molar-refractivity contribution < 1.29 is 0 Å². The van der Waals surface area contributed by atoms with Crippen LogP contribution in [0.3, 0.4) is 0 Å². The molecule has 1 aromatic carbocycles. The number of rotatable bonds is 7. The van der Waals surface area contributed by atoms with Gasteiger partial charge in [0.15, 0.2) is 0 Å². The SMILES string of the molecule is C=C1/C=C(C2=CC(C(=C)/C=C\C(C)=C/C)C(NC3=CC=CCC3)C=C2)\C=C/CCN(c2ccccc2)C2=C1C=CCC2. The van der Waals surface area contributed by atoms with Gasteiger partial charge in [0.1, 0.15) is 0 Å². The van der Waals surface area contributed by atoms with E-state index in [4.69, 9.17) is 0 Å². The highest BCUT2D eigenvalue weighted by Gasteiger charge is 2.25. The van der Waals surface area contributed by atoms with Crippen LogP contribution in [-0.2, 0) is 0 Å². The molecule has 2 unspecified atom stereocenters. The largest absolute Gasteiger partial charge is 0.381 e. The molecule has 0 saturated carbocycles. The fourth-order valence-corrected chi connectivity index (χ4v) is 5.89. The van der Waals surface area contributed by atoms with Gasteiger partial charge in [-0.05, 0) is 92.5 Å². The predicted molar refractivity (Wildman–Crippen MR) is 182 cm³/mol. The average Bonchev–Trinajstić information content (AvgIpc) is 3.04. The molecule has 0 saturated heterocycles. The molecular formula is C40H44N2. The van der Waals surface area contributed by atoms with Gasteiger partial charge >= 0.3 is 0 Å². The van der Waals surface area contributed by atoms with Crippen LogP contribution in [0.5, 0.6) is 0 Å². The fraction of sp³-hybridized carbons (Fsp3) is 0.250. The summed E-state index contributed by atoms with van der Waals surface area (Å²) in [6.07, 6.45) is 36.6. The second-order valence-corrected chi connectivity index (χ2v) is 11.4. The second kappa shape index (κ2) is 14.0. The highest BCUT2D eigenvalue weighted by molar-refractivity contribution is 5.63. The molecule has 214 valence electrons. The second-order valence-electron chi connectivity index (χ2n) is 11.4. The van der Waals surface area contributed by atoms with E-state index in [0.717, 1.165) is 49.8 Å². The summed E-state index contributed by atoms with van der Waals surface area (Å²) in [5.41, 5.74) is 10.9. The Morgan fingerprint density at radius 3 is 2.55 bits per heavy atom. The van der Waals surface area contributed by atoms with E-state index < -0.39 is 0 Å². The number of para-hydroxylation sites is 1. The van der Waals surface area contributed by atoms with Gasteiger partial charge in [-0.3, -0.25) is 0 Å². The molecule has 0 aromatic heterocycles. The minimum Gasteiger partial charge on any atom is -0.381 e. The third kappa shape index (κ3) is 7.12. The molecule has 1 N–H and O–H groups in total. The monoisotopic (exact) mass is 552 g/mol. The number of allylic oxidation sites excluding steroid dienone is 18. The third-order valence-corrected chi connectivity index (χ3v) is 8.40. The highest BCUT2D eigenvalue weighted by Crippen LogP contribution is 2.35. The van der Waals surface area contributed by atoms with Crippen molar-refractivity contribution in [3.05, 3.63) is 173 Å². The minimum atomic E-state index is 0.133. The summed E-state index contributed by atoms with van der Waals surface area (Å²) >= 11 is 0. The number of nitrogens with zero attached hydrogens (tertiary/aromatic N) is 1. The maximum atomic E-state index is 4.59. The topological polar surface area (TPSA) is 15.3 Å². The summed E-state index contributed by atoms with van der Waals surface area (Å²) in [7, 11) is 0. The lowest BCUT2D eigenvalue weighted by atomic mass is 9.82. The Kier molecular flexibility index (Phi) is 9.77. The normalized spacial score (nSPS) is 25.0. The lowest BCUT2D eigenvalue weighted by molar-refractivity contribution is 0.553. The zero-order chi connectivity index (χ0) is 29.3. The molecule has 2 atom stereocenters. The molecule has 42 heavy (non-hydrogen) atoms. The maximum Gasteiger partial charge on any atom is 0.0548 e. The number of benzene rings is 1. The van der Waals surface area contributed by atoms with Crippen molar-refractivity contribution in [3.63, 3.8) is 0 Å². The van der Waals surface area contributed by atoms with Crippen LogP contribution in [0.1, 0.15) is 46.0 Å². The molecule has 2 nitrogen and oxygen atoms in total. The first-order valence-corrected chi connectivity index (χ1v) is 15.4. The van der Waals surface area contributed by atoms with Crippen molar-refractivity contribution in [3.8, 4) is 0 Å². The van der Waals surface area contributed by atoms with Crippen LogP contribution in [0.4, 0.5) is 5.69 Å². The van der Waals surface area contributed by atoms with Gasteiger partial charge in [0.2, 0.25) is 0 Å². The van der Waals surface area contributed by atoms with Crippen molar-refractivity contribution in [1.29, 1.82) is 0 Å². The van der Waals surface area contributed by atoms with Crippen molar-refractivity contribution in [2.75, 3.05) is 11.4 Å². The molecule has 5 rings (SSSR count). The van der Waals surface area contributed by atoms with Crippen LogP contribution < -0.4 is 10.2 Å². The smallest absolute Gasteiger partial charge is 0.0548 e. The Hall–Kier alpha value is -4.30. The molecule has 0 bridgehead atoms. The average molecular weight is 553 g/mol. The number of hydrogen-bond donors (Lipinski definition) is 1. The van der Waals surface area contributed by atoms with E-state index in [1.165, 1.54) is 39.4 Å². The fourth-order valence-electron chi connectivity index (χ4n) is 5.89. The molecule has 1 aliphatic heterocycles. The summed E-state index contributed by atoms with van der Waals surface area (Å²) in [6.45, 7) is 14.3. The first-order valence-electron chi connectivity index (χ1n) is 15.4. The van der Waals surface area contributed by atoms with Crippen LogP contribution in [0.25, 0.3) is 0 Å². The van der Waals surface area contributed by atoms with E-state index in [-0.39, 0.29) is 12.0 Å². The van der Waals surface area contributed by atoms with Gasteiger partial charge in [-0.25, -0.2) is 0 Å². The summed E-state index contributed by atoms with van der Waals surface area (Å²) in [5.74, 6) is 0.133. The van der Waals surface area contributed by atoms with Gasteiger partial charge in [0, 0.05) is 35.1 Å². The molecule has 1 heterocycles. The van der Waals surface area contributed by atoms with Gasteiger partial charge in [0.25, 0.3) is 0 Å². The lowest BCUT2D eigenvalue weighted by Gasteiger charge is -2.32. The molecule has 0 radical (unpaired) electrons. The van der Waals surface area contributed by atoms with Crippen LogP contribution in [0.15, 0.2) is 173 Å². The van der Waals surface area contributed by atoms with E-state index in [1.807, 2.05) is 0 Å². The standard InChI is InChI=1S/C40H44N2/c1-5-30(2)23-24-31(3)38-29-34(25-26-39(38)41-35-17-8-6-9-18-35)33-16-14-15-27-42(36-19-10-7-11-20-36)40-22-13-12-21-37(40)32(4)28-33/h5-8,10-12,14,16-17,19-21,23-26,28-29,38-39,41H,3-4,9,13,15,18,22,27H2,1-2H3/b16-14-,24-23-,30-5-,33-28+. The van der Waals surface area contributed by atoms with Crippen LogP contribution in [0, 0.1) is 5.92 Å². The lowest BCUT2D eigenvalue weighted by Crippen LogP contribution is -2.35.